The van der Waals surface area contributed by atoms with E-state index in [1.54, 1.807) is 12.3 Å². The highest BCUT2D eigenvalue weighted by Gasteiger charge is 2.16. The number of hydrogen-bond acceptors (Lipinski definition) is 6. The maximum Gasteiger partial charge on any atom is 0.339 e. The molecule has 164 valence electrons. The van der Waals surface area contributed by atoms with Crippen LogP contribution in [0, 0.1) is 6.92 Å². The van der Waals surface area contributed by atoms with Crippen LogP contribution >= 0.6 is 0 Å². The number of nitrogens with one attached hydrogen (secondary N) is 1. The number of aryl methyl sites for hydroxylation is 1. The molecule has 1 amide bonds. The Bertz CT molecular complexity index is 1350. The van der Waals surface area contributed by atoms with Gasteiger partial charge in [-0.25, -0.2) is 4.79 Å². The molecule has 0 saturated carbocycles. The van der Waals surface area contributed by atoms with Crippen molar-refractivity contribution in [2.75, 3.05) is 6.54 Å². The molecule has 32 heavy (non-hydrogen) atoms. The third-order valence-corrected chi connectivity index (χ3v) is 5.55. The molecule has 0 aliphatic heterocycles. The summed E-state index contributed by atoms with van der Waals surface area (Å²) in [7, 11) is 0. The van der Waals surface area contributed by atoms with E-state index in [-0.39, 0.29) is 31.7 Å². The maximum absolute atomic E-state index is 12.6. The number of carbonyl (C=O) groups is 2. The fourth-order valence-electron chi connectivity index (χ4n) is 3.83. The highest BCUT2D eigenvalue weighted by molar-refractivity contribution is 6.02. The number of carboxylic acids is 1. The summed E-state index contributed by atoms with van der Waals surface area (Å²) in [6.07, 6.45) is 2.21. The minimum Gasteiger partial charge on any atom is -0.550 e. The highest BCUT2D eigenvalue weighted by atomic mass is 16.4. The van der Waals surface area contributed by atoms with Gasteiger partial charge >= 0.3 is 5.63 Å². The largest absolute Gasteiger partial charge is 0.550 e. The number of rotatable bonds is 8. The summed E-state index contributed by atoms with van der Waals surface area (Å²) >= 11 is 0. The monoisotopic (exact) mass is 432 g/mol. The molecule has 2 aromatic heterocycles. The van der Waals surface area contributed by atoms with Gasteiger partial charge in [0.1, 0.15) is 11.2 Å². The van der Waals surface area contributed by atoms with E-state index in [1.165, 1.54) is 0 Å². The van der Waals surface area contributed by atoms with Gasteiger partial charge in [-0.05, 0) is 43.4 Å². The molecule has 0 atom stereocenters. The third kappa shape index (κ3) is 4.42. The summed E-state index contributed by atoms with van der Waals surface area (Å²) in [4.78, 5) is 35.1. The molecule has 0 bridgehead atoms. The first-order valence-corrected chi connectivity index (χ1v) is 10.4. The molecule has 2 aromatic carbocycles. The molecule has 7 heteroatoms. The average Bonchev–Trinajstić information content (AvgIpc) is 3.19. The Morgan fingerprint density at radius 3 is 2.56 bits per heavy atom. The number of benzene rings is 2. The van der Waals surface area contributed by atoms with Gasteiger partial charge in [-0.15, -0.1) is 0 Å². The highest BCUT2D eigenvalue weighted by Crippen LogP contribution is 2.34. The Hall–Kier alpha value is -3.87. The Labute approximate surface area is 183 Å². The summed E-state index contributed by atoms with van der Waals surface area (Å²) in [5, 5.41) is 14.8. The SMILES string of the molecule is Cc1c(CCC(=O)NCCCC(=O)[O-])c(=O)oc2cc3occ(-c4ccccc4)c3cc12. The van der Waals surface area contributed by atoms with E-state index in [9.17, 15) is 19.5 Å². The van der Waals surface area contributed by atoms with Crippen LogP contribution in [0.2, 0.25) is 0 Å². The number of aliphatic carboxylic acids is 1. The van der Waals surface area contributed by atoms with Crippen LogP contribution < -0.4 is 16.0 Å². The van der Waals surface area contributed by atoms with Crippen LogP contribution in [0.15, 0.2) is 62.4 Å². The summed E-state index contributed by atoms with van der Waals surface area (Å²) in [6.45, 7) is 2.10. The summed E-state index contributed by atoms with van der Waals surface area (Å²) in [5.74, 6) is -1.40. The van der Waals surface area contributed by atoms with Gasteiger partial charge in [0.2, 0.25) is 5.91 Å². The topological polar surface area (TPSA) is 113 Å². The van der Waals surface area contributed by atoms with E-state index in [0.29, 0.717) is 23.2 Å². The smallest absolute Gasteiger partial charge is 0.339 e. The number of carboxylic acid groups (broad SMARTS) is 1. The Balaban J connectivity index is 1.60. The molecular weight excluding hydrogens is 410 g/mol. The number of amides is 1. The molecular formula is C25H22NO6-. The van der Waals surface area contributed by atoms with Crippen molar-refractivity contribution in [2.24, 2.45) is 0 Å². The van der Waals surface area contributed by atoms with Gasteiger partial charge in [0, 0.05) is 46.9 Å². The second-order valence-corrected chi connectivity index (χ2v) is 7.68. The van der Waals surface area contributed by atoms with Gasteiger partial charge < -0.3 is 24.1 Å². The molecule has 2 heterocycles. The molecule has 0 aliphatic rings. The molecule has 4 rings (SSSR count). The van der Waals surface area contributed by atoms with Crippen LogP contribution in [0.25, 0.3) is 33.1 Å². The van der Waals surface area contributed by atoms with Crippen molar-refractivity contribution in [1.29, 1.82) is 0 Å². The lowest BCUT2D eigenvalue weighted by molar-refractivity contribution is -0.305. The summed E-state index contributed by atoms with van der Waals surface area (Å²) < 4.78 is 11.2. The number of fused-ring (bicyclic) bond motifs is 2. The van der Waals surface area contributed by atoms with E-state index in [0.717, 1.165) is 27.5 Å². The Kier molecular flexibility index (Phi) is 6.07. The normalized spacial score (nSPS) is 11.2. The predicted molar refractivity (Wildman–Crippen MR) is 118 cm³/mol. The number of furan rings is 1. The van der Waals surface area contributed by atoms with Gasteiger partial charge in [-0.1, -0.05) is 30.3 Å². The van der Waals surface area contributed by atoms with Gasteiger partial charge in [0.25, 0.3) is 0 Å². The standard InChI is InChI=1S/C25H23NO6/c1-15-17(9-10-23(27)26-11-5-8-24(28)29)25(30)32-22-13-21-19(12-18(15)22)20(14-31-21)16-6-3-2-4-7-16/h2-4,6-7,12-14H,5,8-11H2,1H3,(H,26,27)(H,28,29)/p-1. The second-order valence-electron chi connectivity index (χ2n) is 7.68. The molecule has 1 N–H and O–H groups in total. The quantitative estimate of drug-likeness (QED) is 0.338. The van der Waals surface area contributed by atoms with Gasteiger partial charge in [-0.3, -0.25) is 4.79 Å². The molecule has 0 fully saturated rings. The lowest BCUT2D eigenvalue weighted by Gasteiger charge is -2.09. The fraction of sp³-hybridized carbons (Fsp3) is 0.240. The van der Waals surface area contributed by atoms with Crippen molar-refractivity contribution in [1.82, 2.24) is 5.32 Å². The van der Waals surface area contributed by atoms with E-state index < -0.39 is 11.6 Å². The first kappa shape index (κ1) is 21.4. The predicted octanol–water partition coefficient (Wildman–Crippen LogP) is 3.09. The zero-order valence-corrected chi connectivity index (χ0v) is 17.6. The van der Waals surface area contributed by atoms with Crippen molar-refractivity contribution >= 4 is 33.8 Å². The van der Waals surface area contributed by atoms with E-state index >= 15 is 0 Å². The molecule has 0 aliphatic carbocycles. The van der Waals surface area contributed by atoms with Crippen LogP contribution in [-0.2, 0) is 16.0 Å². The minimum absolute atomic E-state index is 0.103. The van der Waals surface area contributed by atoms with Crippen LogP contribution in [0.3, 0.4) is 0 Å². The molecule has 0 spiro atoms. The fourth-order valence-corrected chi connectivity index (χ4v) is 3.83. The van der Waals surface area contributed by atoms with Crippen molar-refractivity contribution < 1.29 is 23.5 Å². The van der Waals surface area contributed by atoms with E-state index in [2.05, 4.69) is 5.32 Å². The maximum atomic E-state index is 12.6. The summed E-state index contributed by atoms with van der Waals surface area (Å²) in [5.41, 5.74) is 3.78. The van der Waals surface area contributed by atoms with Crippen molar-refractivity contribution in [3.8, 4) is 11.1 Å². The molecule has 7 nitrogen and oxygen atoms in total. The van der Waals surface area contributed by atoms with Crippen molar-refractivity contribution in [3.05, 3.63) is 70.3 Å². The van der Waals surface area contributed by atoms with Crippen molar-refractivity contribution in [2.45, 2.75) is 32.6 Å². The first-order chi connectivity index (χ1) is 15.4. The van der Waals surface area contributed by atoms with Crippen LogP contribution in [0.1, 0.15) is 30.4 Å². The average molecular weight is 432 g/mol. The van der Waals surface area contributed by atoms with Gasteiger partial charge in [0.15, 0.2) is 0 Å². The zero-order valence-electron chi connectivity index (χ0n) is 17.6. The minimum atomic E-state index is -1.15. The lowest BCUT2D eigenvalue weighted by Crippen LogP contribution is -2.28. The zero-order chi connectivity index (χ0) is 22.7. The molecule has 0 radical (unpaired) electrons. The van der Waals surface area contributed by atoms with Crippen molar-refractivity contribution in [3.63, 3.8) is 0 Å². The van der Waals surface area contributed by atoms with Gasteiger partial charge in [-0.2, -0.15) is 0 Å². The number of hydrogen-bond donors (Lipinski definition) is 1. The molecule has 4 aromatic rings. The Morgan fingerprint density at radius 1 is 1.03 bits per heavy atom. The van der Waals surface area contributed by atoms with Crippen LogP contribution in [0.5, 0.6) is 0 Å². The second kappa shape index (κ2) is 9.09. The molecule has 0 saturated heterocycles. The van der Waals surface area contributed by atoms with Crippen LogP contribution in [0.4, 0.5) is 0 Å². The van der Waals surface area contributed by atoms with Gasteiger partial charge in [0.05, 0.1) is 6.26 Å². The van der Waals surface area contributed by atoms with E-state index in [1.807, 2.05) is 43.3 Å². The third-order valence-electron chi connectivity index (χ3n) is 5.55. The Morgan fingerprint density at radius 2 is 1.81 bits per heavy atom. The molecule has 0 unspecified atom stereocenters. The van der Waals surface area contributed by atoms with Crippen LogP contribution in [-0.4, -0.2) is 18.4 Å². The summed E-state index contributed by atoms with van der Waals surface area (Å²) in [6, 6.07) is 13.6. The first-order valence-electron chi connectivity index (χ1n) is 10.4. The lowest BCUT2D eigenvalue weighted by atomic mass is 9.99. The number of carbonyl (C=O) groups excluding carboxylic acids is 2. The van der Waals surface area contributed by atoms with E-state index in [4.69, 9.17) is 8.83 Å².